The SMILES string of the molecule is Cc1cc(C)c2c(c1)C(c1ccccc1)N(C(=O)CCC(=O)NCCCc1ccccc1)CC2. The molecule has 1 aliphatic rings. The van der Waals surface area contributed by atoms with Crippen LogP contribution in [0.15, 0.2) is 72.8 Å². The smallest absolute Gasteiger partial charge is 0.223 e. The molecule has 0 aliphatic carbocycles. The highest BCUT2D eigenvalue weighted by atomic mass is 16.2. The summed E-state index contributed by atoms with van der Waals surface area (Å²) in [5.41, 5.74) is 7.45. The van der Waals surface area contributed by atoms with Crippen LogP contribution in [0.1, 0.15) is 58.7 Å². The van der Waals surface area contributed by atoms with Crippen LogP contribution in [0.25, 0.3) is 0 Å². The number of rotatable bonds is 8. The average Bonchev–Trinajstić information content (AvgIpc) is 2.85. The van der Waals surface area contributed by atoms with Crippen molar-refractivity contribution in [2.45, 2.75) is 52.0 Å². The number of amides is 2. The quantitative estimate of drug-likeness (QED) is 0.469. The first-order valence-corrected chi connectivity index (χ1v) is 12.3. The van der Waals surface area contributed by atoms with Gasteiger partial charge in [0.2, 0.25) is 11.8 Å². The highest BCUT2D eigenvalue weighted by molar-refractivity contribution is 5.84. The maximum absolute atomic E-state index is 13.3. The predicted octanol–water partition coefficient (Wildman–Crippen LogP) is 5.31. The lowest BCUT2D eigenvalue weighted by atomic mass is 9.84. The van der Waals surface area contributed by atoms with Crippen molar-refractivity contribution in [2.75, 3.05) is 13.1 Å². The molecule has 0 radical (unpaired) electrons. The minimum absolute atomic E-state index is 0.0399. The summed E-state index contributed by atoms with van der Waals surface area (Å²) in [4.78, 5) is 27.7. The summed E-state index contributed by atoms with van der Waals surface area (Å²) < 4.78 is 0. The van der Waals surface area contributed by atoms with Crippen LogP contribution in [-0.4, -0.2) is 29.8 Å². The summed E-state index contributed by atoms with van der Waals surface area (Å²) >= 11 is 0. The summed E-state index contributed by atoms with van der Waals surface area (Å²) in [6, 6.07) is 24.9. The van der Waals surface area contributed by atoms with Crippen LogP contribution in [0.5, 0.6) is 0 Å². The Morgan fingerprint density at radius 1 is 0.941 bits per heavy atom. The Labute approximate surface area is 203 Å². The summed E-state index contributed by atoms with van der Waals surface area (Å²) in [5, 5.41) is 2.97. The molecule has 1 heterocycles. The molecule has 4 heteroatoms. The lowest BCUT2D eigenvalue weighted by molar-refractivity contribution is -0.135. The Balaban J connectivity index is 1.38. The van der Waals surface area contributed by atoms with Crippen LogP contribution in [0.4, 0.5) is 0 Å². The second-order valence-electron chi connectivity index (χ2n) is 9.24. The topological polar surface area (TPSA) is 49.4 Å². The van der Waals surface area contributed by atoms with Crippen molar-refractivity contribution in [1.82, 2.24) is 10.2 Å². The van der Waals surface area contributed by atoms with Gasteiger partial charge in [-0.2, -0.15) is 0 Å². The third kappa shape index (κ3) is 5.74. The first kappa shape index (κ1) is 23.7. The van der Waals surface area contributed by atoms with Crippen molar-refractivity contribution in [3.63, 3.8) is 0 Å². The van der Waals surface area contributed by atoms with Crippen molar-refractivity contribution in [1.29, 1.82) is 0 Å². The van der Waals surface area contributed by atoms with E-state index in [0.717, 1.165) is 24.8 Å². The van der Waals surface area contributed by atoms with E-state index in [4.69, 9.17) is 0 Å². The number of hydrogen-bond donors (Lipinski definition) is 1. The molecule has 34 heavy (non-hydrogen) atoms. The van der Waals surface area contributed by atoms with E-state index in [1.54, 1.807) is 0 Å². The molecule has 1 atom stereocenters. The van der Waals surface area contributed by atoms with E-state index < -0.39 is 0 Å². The molecule has 3 aromatic rings. The summed E-state index contributed by atoms with van der Waals surface area (Å²) in [7, 11) is 0. The fourth-order valence-electron chi connectivity index (χ4n) is 5.03. The number of carbonyl (C=O) groups is 2. The van der Waals surface area contributed by atoms with Crippen LogP contribution < -0.4 is 5.32 Å². The molecular weight excluding hydrogens is 420 g/mol. The lowest BCUT2D eigenvalue weighted by Gasteiger charge is -2.39. The molecule has 176 valence electrons. The van der Waals surface area contributed by atoms with Crippen molar-refractivity contribution in [3.8, 4) is 0 Å². The van der Waals surface area contributed by atoms with E-state index in [2.05, 4.69) is 55.6 Å². The van der Waals surface area contributed by atoms with Gasteiger partial charge in [0.15, 0.2) is 0 Å². The van der Waals surface area contributed by atoms with Crippen LogP contribution >= 0.6 is 0 Å². The maximum atomic E-state index is 13.3. The predicted molar refractivity (Wildman–Crippen MR) is 137 cm³/mol. The Hall–Kier alpha value is -3.40. The fraction of sp³-hybridized carbons (Fsp3) is 0.333. The molecule has 1 N–H and O–H groups in total. The van der Waals surface area contributed by atoms with Crippen LogP contribution in [0, 0.1) is 13.8 Å². The molecule has 0 fully saturated rings. The van der Waals surface area contributed by atoms with Crippen molar-refractivity contribution >= 4 is 11.8 Å². The standard InChI is InChI=1S/C30H34N2O2/c1-22-20-23(2)26-17-19-32(30(27(26)21-22)25-13-7-4-8-14-25)29(34)16-15-28(33)31-18-9-12-24-10-5-3-6-11-24/h3-8,10-11,13-14,20-21,30H,9,12,15-19H2,1-2H3,(H,31,33). The van der Waals surface area contributed by atoms with Gasteiger partial charge >= 0.3 is 0 Å². The fourth-order valence-corrected chi connectivity index (χ4v) is 5.03. The summed E-state index contributed by atoms with van der Waals surface area (Å²) in [6.07, 6.45) is 3.13. The van der Waals surface area contributed by atoms with E-state index in [1.807, 2.05) is 41.3 Å². The Morgan fingerprint density at radius 2 is 1.65 bits per heavy atom. The van der Waals surface area contributed by atoms with E-state index in [1.165, 1.54) is 27.8 Å². The van der Waals surface area contributed by atoms with Gasteiger partial charge in [-0.25, -0.2) is 0 Å². The molecule has 1 unspecified atom stereocenters. The average molecular weight is 455 g/mol. The summed E-state index contributed by atoms with van der Waals surface area (Å²) in [5.74, 6) is -0.0140. The second-order valence-corrected chi connectivity index (χ2v) is 9.24. The number of benzene rings is 3. The third-order valence-electron chi connectivity index (χ3n) is 6.67. The molecule has 3 aromatic carbocycles. The zero-order chi connectivity index (χ0) is 23.9. The van der Waals surface area contributed by atoms with Crippen LogP contribution in [-0.2, 0) is 22.4 Å². The minimum atomic E-state index is -0.106. The molecule has 0 spiro atoms. The Morgan fingerprint density at radius 3 is 2.38 bits per heavy atom. The summed E-state index contributed by atoms with van der Waals surface area (Å²) in [6.45, 7) is 5.57. The molecule has 1 aliphatic heterocycles. The number of carbonyl (C=O) groups excluding carboxylic acids is 2. The van der Waals surface area contributed by atoms with Gasteiger partial charge in [-0.3, -0.25) is 9.59 Å². The number of nitrogens with one attached hydrogen (secondary N) is 1. The van der Waals surface area contributed by atoms with Crippen molar-refractivity contribution < 1.29 is 9.59 Å². The van der Waals surface area contributed by atoms with Crippen molar-refractivity contribution in [2.24, 2.45) is 0 Å². The van der Waals surface area contributed by atoms with E-state index in [9.17, 15) is 9.59 Å². The number of hydrogen-bond acceptors (Lipinski definition) is 2. The van der Waals surface area contributed by atoms with Crippen LogP contribution in [0.3, 0.4) is 0 Å². The Bertz CT molecular complexity index is 1130. The maximum Gasteiger partial charge on any atom is 0.223 e. The molecule has 0 aromatic heterocycles. The first-order chi connectivity index (χ1) is 16.5. The lowest BCUT2D eigenvalue weighted by Crippen LogP contribution is -2.41. The number of nitrogens with zero attached hydrogens (tertiary/aromatic N) is 1. The van der Waals surface area contributed by atoms with Crippen LogP contribution in [0.2, 0.25) is 0 Å². The molecule has 4 rings (SSSR count). The van der Waals surface area contributed by atoms with E-state index >= 15 is 0 Å². The molecule has 0 saturated heterocycles. The van der Waals surface area contributed by atoms with Crippen molar-refractivity contribution in [3.05, 3.63) is 106 Å². The highest BCUT2D eigenvalue weighted by Gasteiger charge is 2.32. The molecule has 2 amide bonds. The Kier molecular flexibility index (Phi) is 7.79. The normalized spacial score (nSPS) is 15.0. The number of aryl methyl sites for hydroxylation is 3. The largest absolute Gasteiger partial charge is 0.356 e. The second kappa shape index (κ2) is 11.1. The van der Waals surface area contributed by atoms with Gasteiger partial charge in [-0.15, -0.1) is 0 Å². The van der Waals surface area contributed by atoms with E-state index in [0.29, 0.717) is 13.1 Å². The van der Waals surface area contributed by atoms with Gasteiger partial charge < -0.3 is 10.2 Å². The first-order valence-electron chi connectivity index (χ1n) is 12.3. The third-order valence-corrected chi connectivity index (χ3v) is 6.67. The highest BCUT2D eigenvalue weighted by Crippen LogP contribution is 2.37. The zero-order valence-electron chi connectivity index (χ0n) is 20.2. The van der Waals surface area contributed by atoms with Gasteiger partial charge in [0.1, 0.15) is 0 Å². The number of fused-ring (bicyclic) bond motifs is 1. The van der Waals surface area contributed by atoms with Gasteiger partial charge in [0, 0.05) is 25.9 Å². The zero-order valence-corrected chi connectivity index (χ0v) is 20.2. The molecule has 4 nitrogen and oxygen atoms in total. The molecule has 0 saturated carbocycles. The van der Waals surface area contributed by atoms with E-state index in [-0.39, 0.29) is 30.7 Å². The van der Waals surface area contributed by atoms with Gasteiger partial charge in [-0.1, -0.05) is 78.4 Å². The molecule has 0 bridgehead atoms. The van der Waals surface area contributed by atoms with Gasteiger partial charge in [-0.05, 0) is 60.9 Å². The monoisotopic (exact) mass is 454 g/mol. The van der Waals surface area contributed by atoms with Gasteiger partial charge in [0.25, 0.3) is 0 Å². The van der Waals surface area contributed by atoms with Gasteiger partial charge in [0.05, 0.1) is 6.04 Å². The molecular formula is C30H34N2O2. The minimum Gasteiger partial charge on any atom is -0.356 e.